The first-order valence-electron chi connectivity index (χ1n) is 11.5. The van der Waals surface area contributed by atoms with Gasteiger partial charge in [0, 0.05) is 12.6 Å². The van der Waals surface area contributed by atoms with E-state index < -0.39 is 5.97 Å². The van der Waals surface area contributed by atoms with Crippen LogP contribution in [0.5, 0.6) is 5.75 Å². The van der Waals surface area contributed by atoms with Gasteiger partial charge in [0.2, 0.25) is 0 Å². The number of aliphatic carboxylic acids is 1. The predicted molar refractivity (Wildman–Crippen MR) is 115 cm³/mol. The largest absolute Gasteiger partial charge is 0.493 e. The molecular weight excluding hydrogens is 382 g/mol. The Bertz CT molecular complexity index is 686. The highest BCUT2D eigenvalue weighted by Gasteiger charge is 2.28. The average Bonchev–Trinajstić information content (AvgIpc) is 2.77. The number of hydrogen-bond acceptors (Lipinski definition) is 4. The van der Waals surface area contributed by atoms with E-state index in [4.69, 9.17) is 9.47 Å². The topological polar surface area (TPSA) is 84.9 Å². The lowest BCUT2D eigenvalue weighted by Crippen LogP contribution is -2.40. The second kappa shape index (κ2) is 11.9. The van der Waals surface area contributed by atoms with Crippen LogP contribution in [0.2, 0.25) is 0 Å². The van der Waals surface area contributed by atoms with E-state index in [9.17, 15) is 14.7 Å². The lowest BCUT2D eigenvalue weighted by Gasteiger charge is -2.27. The monoisotopic (exact) mass is 417 g/mol. The molecule has 1 aromatic rings. The number of para-hydroxylation sites is 1. The summed E-state index contributed by atoms with van der Waals surface area (Å²) in [6, 6.07) is 7.15. The molecule has 0 bridgehead atoms. The van der Waals surface area contributed by atoms with Gasteiger partial charge in [-0.25, -0.2) is 0 Å². The van der Waals surface area contributed by atoms with Crippen molar-refractivity contribution in [3.8, 4) is 5.75 Å². The standard InChI is InChI=1S/C24H35NO5/c26-23(25-19-10-8-9-18(17-19)24(27)28)21-13-4-5-14-22(21)30-16-7-6-15-29-20-11-2-1-3-12-20/h4-5,13-14,18-20H,1-3,6-12,15-17H2,(H,25,26)(H,27,28). The van der Waals surface area contributed by atoms with E-state index in [-0.39, 0.29) is 17.9 Å². The third-order valence-corrected chi connectivity index (χ3v) is 6.19. The number of carboxylic acid groups (broad SMARTS) is 1. The number of amides is 1. The molecule has 3 rings (SSSR count). The van der Waals surface area contributed by atoms with Gasteiger partial charge in [-0.05, 0) is 57.1 Å². The molecule has 0 radical (unpaired) electrons. The second-order valence-electron chi connectivity index (χ2n) is 8.55. The number of carboxylic acids is 1. The van der Waals surface area contributed by atoms with E-state index in [1.807, 2.05) is 18.2 Å². The lowest BCUT2D eigenvalue weighted by molar-refractivity contribution is -0.143. The zero-order chi connectivity index (χ0) is 21.2. The van der Waals surface area contributed by atoms with Gasteiger partial charge in [0.1, 0.15) is 5.75 Å². The van der Waals surface area contributed by atoms with Crippen LogP contribution >= 0.6 is 0 Å². The molecule has 2 saturated carbocycles. The third-order valence-electron chi connectivity index (χ3n) is 6.19. The summed E-state index contributed by atoms with van der Waals surface area (Å²) in [4.78, 5) is 24.0. The molecule has 1 aromatic carbocycles. The smallest absolute Gasteiger partial charge is 0.306 e. The molecule has 0 aromatic heterocycles. The maximum atomic E-state index is 12.8. The van der Waals surface area contributed by atoms with Crippen molar-refractivity contribution in [2.75, 3.05) is 13.2 Å². The number of carbonyl (C=O) groups excluding carboxylic acids is 1. The van der Waals surface area contributed by atoms with Crippen LogP contribution in [0.3, 0.4) is 0 Å². The first-order chi connectivity index (χ1) is 14.6. The Hall–Kier alpha value is -2.08. The summed E-state index contributed by atoms with van der Waals surface area (Å²) in [6.45, 7) is 1.31. The summed E-state index contributed by atoms with van der Waals surface area (Å²) < 4.78 is 11.8. The van der Waals surface area contributed by atoms with Crippen molar-refractivity contribution in [1.82, 2.24) is 5.32 Å². The quantitative estimate of drug-likeness (QED) is 0.545. The summed E-state index contributed by atoms with van der Waals surface area (Å²) in [5, 5.41) is 12.2. The molecule has 166 valence electrons. The molecule has 6 heteroatoms. The van der Waals surface area contributed by atoms with E-state index in [0.29, 0.717) is 36.9 Å². The lowest BCUT2D eigenvalue weighted by atomic mass is 9.85. The highest BCUT2D eigenvalue weighted by molar-refractivity contribution is 5.97. The molecule has 30 heavy (non-hydrogen) atoms. The van der Waals surface area contributed by atoms with E-state index in [1.54, 1.807) is 6.07 Å². The van der Waals surface area contributed by atoms with Crippen molar-refractivity contribution in [3.05, 3.63) is 29.8 Å². The van der Waals surface area contributed by atoms with Gasteiger partial charge in [-0.3, -0.25) is 9.59 Å². The van der Waals surface area contributed by atoms with Crippen molar-refractivity contribution in [3.63, 3.8) is 0 Å². The molecule has 2 N–H and O–H groups in total. The molecule has 0 aliphatic heterocycles. The molecular formula is C24H35NO5. The molecule has 2 aliphatic carbocycles. The van der Waals surface area contributed by atoms with Gasteiger partial charge >= 0.3 is 5.97 Å². The molecule has 2 atom stereocenters. The minimum absolute atomic E-state index is 0.0997. The summed E-state index contributed by atoms with van der Waals surface area (Å²) in [5.41, 5.74) is 0.508. The Labute approximate surface area is 179 Å². The number of carbonyl (C=O) groups is 2. The second-order valence-corrected chi connectivity index (χ2v) is 8.55. The maximum absolute atomic E-state index is 12.8. The average molecular weight is 418 g/mol. The van der Waals surface area contributed by atoms with Crippen LogP contribution in [-0.4, -0.2) is 42.3 Å². The van der Waals surface area contributed by atoms with E-state index in [0.717, 1.165) is 32.3 Å². The van der Waals surface area contributed by atoms with Crippen molar-refractivity contribution >= 4 is 11.9 Å². The zero-order valence-corrected chi connectivity index (χ0v) is 17.8. The fraction of sp³-hybridized carbons (Fsp3) is 0.667. The first kappa shape index (κ1) is 22.6. The Balaban J connectivity index is 1.41. The molecule has 2 unspecified atom stereocenters. The normalized spacial score (nSPS) is 22.4. The Kier molecular flexibility index (Phi) is 9.00. The van der Waals surface area contributed by atoms with Crippen LogP contribution in [0.15, 0.2) is 24.3 Å². The predicted octanol–water partition coefficient (Wildman–Crippen LogP) is 4.57. The Morgan fingerprint density at radius 3 is 2.53 bits per heavy atom. The number of rotatable bonds is 10. The van der Waals surface area contributed by atoms with Crippen molar-refractivity contribution in [1.29, 1.82) is 0 Å². The minimum atomic E-state index is -0.773. The van der Waals surface area contributed by atoms with Crippen LogP contribution in [0.1, 0.15) is 81.0 Å². The minimum Gasteiger partial charge on any atom is -0.493 e. The van der Waals surface area contributed by atoms with E-state index in [2.05, 4.69) is 5.32 Å². The van der Waals surface area contributed by atoms with Gasteiger partial charge in [0.15, 0.2) is 0 Å². The Morgan fingerprint density at radius 1 is 0.967 bits per heavy atom. The highest BCUT2D eigenvalue weighted by Crippen LogP contribution is 2.26. The van der Waals surface area contributed by atoms with E-state index in [1.165, 1.54) is 32.1 Å². The fourth-order valence-corrected chi connectivity index (χ4v) is 4.46. The molecule has 1 amide bonds. The van der Waals surface area contributed by atoms with Crippen LogP contribution in [0.4, 0.5) is 0 Å². The Morgan fingerprint density at radius 2 is 1.73 bits per heavy atom. The van der Waals surface area contributed by atoms with Gasteiger partial charge in [0.25, 0.3) is 5.91 Å². The highest BCUT2D eigenvalue weighted by atomic mass is 16.5. The summed E-state index contributed by atoms with van der Waals surface area (Å²) >= 11 is 0. The van der Waals surface area contributed by atoms with Crippen LogP contribution in [0.25, 0.3) is 0 Å². The van der Waals surface area contributed by atoms with Crippen LogP contribution < -0.4 is 10.1 Å². The van der Waals surface area contributed by atoms with Gasteiger partial charge in [-0.15, -0.1) is 0 Å². The zero-order valence-electron chi connectivity index (χ0n) is 17.8. The van der Waals surface area contributed by atoms with Crippen molar-refractivity contribution in [2.24, 2.45) is 5.92 Å². The van der Waals surface area contributed by atoms with Gasteiger partial charge in [0.05, 0.1) is 24.2 Å². The summed E-state index contributed by atoms with van der Waals surface area (Å²) in [6.07, 6.45) is 11.4. The van der Waals surface area contributed by atoms with Crippen molar-refractivity contribution < 1.29 is 24.2 Å². The number of hydrogen-bond donors (Lipinski definition) is 2. The number of ether oxygens (including phenoxy) is 2. The SMILES string of the molecule is O=C(NC1CCCC(C(=O)O)C1)c1ccccc1OCCCCOC1CCCCC1. The molecule has 0 heterocycles. The van der Waals surface area contributed by atoms with Gasteiger partial charge in [-0.1, -0.05) is 37.8 Å². The number of nitrogens with one attached hydrogen (secondary N) is 1. The molecule has 2 aliphatic rings. The van der Waals surface area contributed by atoms with Gasteiger partial charge in [-0.2, -0.15) is 0 Å². The third kappa shape index (κ3) is 7.01. The molecule has 0 spiro atoms. The first-order valence-corrected chi connectivity index (χ1v) is 11.5. The number of unbranched alkanes of at least 4 members (excludes halogenated alkanes) is 1. The van der Waals surface area contributed by atoms with Gasteiger partial charge < -0.3 is 19.9 Å². The number of benzene rings is 1. The van der Waals surface area contributed by atoms with Crippen LogP contribution in [-0.2, 0) is 9.53 Å². The summed E-state index contributed by atoms with van der Waals surface area (Å²) in [7, 11) is 0. The van der Waals surface area contributed by atoms with E-state index >= 15 is 0 Å². The molecule has 6 nitrogen and oxygen atoms in total. The van der Waals surface area contributed by atoms with Crippen LogP contribution in [0, 0.1) is 5.92 Å². The molecule has 0 saturated heterocycles. The maximum Gasteiger partial charge on any atom is 0.306 e. The fourth-order valence-electron chi connectivity index (χ4n) is 4.46. The van der Waals surface area contributed by atoms with Crippen molar-refractivity contribution in [2.45, 2.75) is 82.8 Å². The molecule has 2 fully saturated rings. The summed E-state index contributed by atoms with van der Waals surface area (Å²) in [5.74, 6) is -0.757.